The van der Waals surface area contributed by atoms with Gasteiger partial charge in [-0.3, -0.25) is 4.68 Å². The maximum absolute atomic E-state index is 14.4. The second-order valence-corrected chi connectivity index (χ2v) is 6.28. The first-order chi connectivity index (χ1) is 10.7. The van der Waals surface area contributed by atoms with E-state index in [2.05, 4.69) is 28.8 Å². The number of hydrogen-bond donors (Lipinski definition) is 0. The third-order valence-electron chi connectivity index (χ3n) is 4.50. The molecule has 1 aliphatic heterocycles. The maximum Gasteiger partial charge on any atom is 0.128 e. The molecule has 0 amide bonds. The molecule has 22 heavy (non-hydrogen) atoms. The minimum Gasteiger partial charge on any atom is -0.269 e. The van der Waals surface area contributed by atoms with Crippen LogP contribution in [0.1, 0.15) is 57.3 Å². The summed E-state index contributed by atoms with van der Waals surface area (Å²) in [6.45, 7) is 4.84. The van der Waals surface area contributed by atoms with Crippen LogP contribution in [-0.2, 0) is 13.0 Å². The molecule has 0 radical (unpaired) electrons. The van der Waals surface area contributed by atoms with Crippen LogP contribution in [0.5, 0.6) is 0 Å². The molecule has 1 fully saturated rings. The molecular weight excluding hydrogens is 275 g/mol. The Balaban J connectivity index is 1.99. The van der Waals surface area contributed by atoms with Crippen LogP contribution in [0.15, 0.2) is 35.7 Å². The summed E-state index contributed by atoms with van der Waals surface area (Å²) in [6, 6.07) is 2.07. The van der Waals surface area contributed by atoms with Crippen molar-refractivity contribution in [1.82, 2.24) is 9.78 Å². The van der Waals surface area contributed by atoms with Crippen molar-refractivity contribution >= 4 is 5.57 Å². The SMILES string of the molecule is C\C=C(F)/C(=C\C(=C\CC)C1CC1)c1cc2n(n1)CCCC2. The van der Waals surface area contributed by atoms with Crippen LogP contribution in [0.4, 0.5) is 4.39 Å². The number of aromatic nitrogens is 2. The zero-order valence-electron chi connectivity index (χ0n) is 13.6. The fourth-order valence-corrected chi connectivity index (χ4v) is 3.13. The Morgan fingerprint density at radius 1 is 1.41 bits per heavy atom. The summed E-state index contributed by atoms with van der Waals surface area (Å²) in [7, 11) is 0. The highest BCUT2D eigenvalue weighted by Gasteiger charge is 2.26. The van der Waals surface area contributed by atoms with E-state index in [0.717, 1.165) is 25.1 Å². The minimum absolute atomic E-state index is 0.168. The summed E-state index contributed by atoms with van der Waals surface area (Å²) in [5.41, 5.74) is 3.95. The lowest BCUT2D eigenvalue weighted by Crippen LogP contribution is -2.10. The molecule has 0 N–H and O–H groups in total. The van der Waals surface area contributed by atoms with Gasteiger partial charge in [0.25, 0.3) is 0 Å². The van der Waals surface area contributed by atoms with Gasteiger partial charge in [-0.2, -0.15) is 5.10 Å². The Morgan fingerprint density at radius 3 is 2.86 bits per heavy atom. The van der Waals surface area contributed by atoms with Gasteiger partial charge in [0.15, 0.2) is 0 Å². The van der Waals surface area contributed by atoms with Crippen LogP contribution in [0.25, 0.3) is 5.57 Å². The summed E-state index contributed by atoms with van der Waals surface area (Å²) in [4.78, 5) is 0. The second kappa shape index (κ2) is 6.64. The van der Waals surface area contributed by atoms with Crippen LogP contribution in [-0.4, -0.2) is 9.78 Å². The van der Waals surface area contributed by atoms with Gasteiger partial charge in [0.05, 0.1) is 5.69 Å². The quantitative estimate of drug-likeness (QED) is 0.681. The van der Waals surface area contributed by atoms with E-state index in [0.29, 0.717) is 11.5 Å². The Morgan fingerprint density at radius 2 is 2.23 bits per heavy atom. The zero-order valence-corrected chi connectivity index (χ0v) is 13.6. The average molecular weight is 300 g/mol. The first-order valence-electron chi connectivity index (χ1n) is 8.54. The van der Waals surface area contributed by atoms with Gasteiger partial charge in [-0.05, 0) is 69.1 Å². The number of fused-ring (bicyclic) bond motifs is 1. The molecule has 0 spiro atoms. The van der Waals surface area contributed by atoms with Crippen molar-refractivity contribution in [3.8, 4) is 0 Å². The highest BCUT2D eigenvalue weighted by Crippen LogP contribution is 2.39. The number of halogens is 1. The Hall–Kier alpha value is -1.64. The highest BCUT2D eigenvalue weighted by molar-refractivity contribution is 5.77. The lowest BCUT2D eigenvalue weighted by atomic mass is 10.0. The molecule has 2 nitrogen and oxygen atoms in total. The lowest BCUT2D eigenvalue weighted by Gasteiger charge is -2.11. The average Bonchev–Trinajstić information content (AvgIpc) is 3.29. The standard InChI is InChI=1S/C19H25FN2/c1-3-7-15(14-9-10-14)12-17(18(20)4-2)19-13-16-8-5-6-11-22(16)21-19/h4,7,12-14H,3,5-6,8-11H2,1-2H3/b15-7-,17-12+,18-4+. The van der Waals surface area contributed by atoms with Gasteiger partial charge in [-0.15, -0.1) is 0 Å². The van der Waals surface area contributed by atoms with Gasteiger partial charge >= 0.3 is 0 Å². The molecule has 3 rings (SSSR count). The third-order valence-corrected chi connectivity index (χ3v) is 4.50. The summed E-state index contributed by atoms with van der Waals surface area (Å²) in [6.07, 6.45) is 12.7. The van der Waals surface area contributed by atoms with Crippen molar-refractivity contribution in [2.45, 2.75) is 58.9 Å². The van der Waals surface area contributed by atoms with Crippen molar-refractivity contribution in [1.29, 1.82) is 0 Å². The molecular formula is C19H25FN2. The van der Waals surface area contributed by atoms with Crippen molar-refractivity contribution in [3.05, 3.63) is 47.1 Å². The molecule has 3 heteroatoms. The monoisotopic (exact) mass is 300 g/mol. The first-order valence-corrected chi connectivity index (χ1v) is 8.54. The van der Waals surface area contributed by atoms with Crippen LogP contribution in [0, 0.1) is 5.92 Å². The number of aryl methyl sites for hydroxylation is 2. The van der Waals surface area contributed by atoms with Crippen LogP contribution in [0.2, 0.25) is 0 Å². The van der Waals surface area contributed by atoms with E-state index in [4.69, 9.17) is 0 Å². The van der Waals surface area contributed by atoms with E-state index in [-0.39, 0.29) is 5.83 Å². The molecule has 0 aromatic carbocycles. The van der Waals surface area contributed by atoms with E-state index in [1.54, 1.807) is 13.0 Å². The van der Waals surface area contributed by atoms with Gasteiger partial charge in [0.2, 0.25) is 0 Å². The van der Waals surface area contributed by atoms with Crippen molar-refractivity contribution in [2.75, 3.05) is 0 Å². The van der Waals surface area contributed by atoms with E-state index < -0.39 is 0 Å². The summed E-state index contributed by atoms with van der Waals surface area (Å²) >= 11 is 0. The molecule has 1 aromatic rings. The second-order valence-electron chi connectivity index (χ2n) is 6.28. The third kappa shape index (κ3) is 3.23. The smallest absolute Gasteiger partial charge is 0.128 e. The summed E-state index contributed by atoms with van der Waals surface area (Å²) in [5.74, 6) is 0.454. The van der Waals surface area contributed by atoms with E-state index in [1.807, 2.05) is 6.08 Å². The predicted octanol–water partition coefficient (Wildman–Crippen LogP) is 5.22. The van der Waals surface area contributed by atoms with Crippen LogP contribution in [0.3, 0.4) is 0 Å². The number of allylic oxidation sites excluding steroid dienone is 6. The normalized spacial score (nSPS) is 20.2. The van der Waals surface area contributed by atoms with Crippen molar-refractivity contribution < 1.29 is 4.39 Å². The minimum atomic E-state index is -0.168. The number of hydrogen-bond acceptors (Lipinski definition) is 1. The van der Waals surface area contributed by atoms with Gasteiger partial charge < -0.3 is 0 Å². The molecule has 0 saturated heterocycles. The number of rotatable bonds is 5. The highest BCUT2D eigenvalue weighted by atomic mass is 19.1. The van der Waals surface area contributed by atoms with Crippen LogP contribution >= 0.6 is 0 Å². The molecule has 0 unspecified atom stereocenters. The lowest BCUT2D eigenvalue weighted by molar-refractivity contribution is 0.485. The van der Waals surface area contributed by atoms with E-state index >= 15 is 0 Å². The van der Waals surface area contributed by atoms with E-state index in [9.17, 15) is 4.39 Å². The van der Waals surface area contributed by atoms with Gasteiger partial charge in [-0.1, -0.05) is 19.1 Å². The fourth-order valence-electron chi connectivity index (χ4n) is 3.13. The zero-order chi connectivity index (χ0) is 15.5. The maximum atomic E-state index is 14.4. The molecule has 0 bridgehead atoms. The molecule has 2 heterocycles. The van der Waals surface area contributed by atoms with E-state index in [1.165, 1.54) is 37.0 Å². The molecule has 1 aliphatic carbocycles. The number of nitrogens with zero attached hydrogens (tertiary/aromatic N) is 2. The van der Waals surface area contributed by atoms with Gasteiger partial charge in [-0.25, -0.2) is 4.39 Å². The fraction of sp³-hybridized carbons (Fsp3) is 0.526. The largest absolute Gasteiger partial charge is 0.269 e. The molecule has 1 saturated carbocycles. The van der Waals surface area contributed by atoms with Gasteiger partial charge in [0.1, 0.15) is 5.83 Å². The topological polar surface area (TPSA) is 17.8 Å². The Labute approximate surface area is 132 Å². The van der Waals surface area contributed by atoms with Crippen molar-refractivity contribution in [3.63, 3.8) is 0 Å². The Bertz CT molecular complexity index is 606. The molecule has 2 aliphatic rings. The van der Waals surface area contributed by atoms with Gasteiger partial charge in [0, 0.05) is 17.8 Å². The Kier molecular flexibility index (Phi) is 4.60. The summed E-state index contributed by atoms with van der Waals surface area (Å²) < 4.78 is 16.5. The molecule has 118 valence electrons. The molecule has 1 aromatic heterocycles. The van der Waals surface area contributed by atoms with Crippen LogP contribution < -0.4 is 0 Å². The molecule has 0 atom stereocenters. The summed E-state index contributed by atoms with van der Waals surface area (Å²) in [5, 5.41) is 4.65. The first kappa shape index (κ1) is 15.3. The predicted molar refractivity (Wildman–Crippen MR) is 89.1 cm³/mol. The van der Waals surface area contributed by atoms with Crippen molar-refractivity contribution in [2.24, 2.45) is 5.92 Å².